The van der Waals surface area contributed by atoms with Crippen LogP contribution in [0.5, 0.6) is 0 Å². The van der Waals surface area contributed by atoms with Crippen molar-refractivity contribution in [2.45, 2.75) is 17.8 Å². The maximum atomic E-state index is 6.04. The molecule has 0 aliphatic rings. The molecule has 0 atom stereocenters. The fraction of sp³-hybridized carbons (Fsp3) is 0.111. The smallest absolute Gasteiger partial charge is 0.196 e. The average molecular weight is 384 g/mol. The van der Waals surface area contributed by atoms with E-state index in [0.717, 1.165) is 33.7 Å². The lowest BCUT2D eigenvalue weighted by atomic mass is 10.2. The van der Waals surface area contributed by atoms with Gasteiger partial charge in [-0.2, -0.15) is 0 Å². The molecule has 26 heavy (non-hydrogen) atoms. The van der Waals surface area contributed by atoms with E-state index in [9.17, 15) is 0 Å². The first-order chi connectivity index (χ1) is 12.7. The van der Waals surface area contributed by atoms with Crippen LogP contribution in [0.15, 0.2) is 64.8 Å². The SMILES string of the molecule is Cc1ocnc1CSc1nnc(-c2ccncc2)n1-c1ccc(Cl)cc1. The highest BCUT2D eigenvalue weighted by Crippen LogP contribution is 2.30. The summed E-state index contributed by atoms with van der Waals surface area (Å²) in [5.41, 5.74) is 2.77. The Morgan fingerprint density at radius 1 is 1.08 bits per heavy atom. The Hall–Kier alpha value is -2.64. The van der Waals surface area contributed by atoms with E-state index in [4.69, 9.17) is 16.0 Å². The molecule has 0 saturated heterocycles. The lowest BCUT2D eigenvalue weighted by Crippen LogP contribution is -2.00. The zero-order valence-electron chi connectivity index (χ0n) is 13.8. The first kappa shape index (κ1) is 16.8. The number of aryl methyl sites for hydroxylation is 1. The van der Waals surface area contributed by atoms with E-state index in [1.54, 1.807) is 24.2 Å². The molecule has 0 unspecified atom stereocenters. The molecule has 0 aliphatic heterocycles. The van der Waals surface area contributed by atoms with Crippen molar-refractivity contribution in [3.05, 3.63) is 71.7 Å². The number of benzene rings is 1. The maximum absolute atomic E-state index is 6.04. The van der Waals surface area contributed by atoms with Crippen molar-refractivity contribution in [3.8, 4) is 17.1 Å². The molecule has 8 heteroatoms. The predicted molar refractivity (Wildman–Crippen MR) is 100 cm³/mol. The molecule has 4 rings (SSSR count). The third kappa shape index (κ3) is 3.36. The highest BCUT2D eigenvalue weighted by Gasteiger charge is 2.17. The van der Waals surface area contributed by atoms with E-state index in [1.807, 2.05) is 47.9 Å². The molecule has 0 aliphatic carbocycles. The van der Waals surface area contributed by atoms with Crippen LogP contribution in [0.2, 0.25) is 5.02 Å². The molecule has 3 heterocycles. The van der Waals surface area contributed by atoms with Gasteiger partial charge in [0.15, 0.2) is 17.4 Å². The molecule has 130 valence electrons. The molecular weight excluding hydrogens is 370 g/mol. The lowest BCUT2D eigenvalue weighted by molar-refractivity contribution is 0.525. The van der Waals surface area contributed by atoms with Gasteiger partial charge in [-0.1, -0.05) is 23.4 Å². The lowest BCUT2D eigenvalue weighted by Gasteiger charge is -2.10. The molecule has 0 radical (unpaired) electrons. The van der Waals surface area contributed by atoms with Gasteiger partial charge in [0.05, 0.1) is 5.69 Å². The Balaban J connectivity index is 1.75. The standard InChI is InChI=1S/C18H14ClN5OS/c1-12-16(21-11-25-12)10-26-18-23-22-17(13-6-8-20-9-7-13)24(18)15-4-2-14(19)3-5-15/h2-9,11H,10H2,1H3. The van der Waals surface area contributed by atoms with E-state index in [2.05, 4.69) is 20.2 Å². The van der Waals surface area contributed by atoms with Gasteiger partial charge in [0.25, 0.3) is 0 Å². The van der Waals surface area contributed by atoms with Crippen molar-refractivity contribution in [2.75, 3.05) is 0 Å². The number of thioether (sulfide) groups is 1. The average Bonchev–Trinajstić information content (AvgIpc) is 3.27. The fourth-order valence-electron chi connectivity index (χ4n) is 2.47. The fourth-order valence-corrected chi connectivity index (χ4v) is 3.56. The molecule has 0 saturated carbocycles. The van der Waals surface area contributed by atoms with Gasteiger partial charge in [0.2, 0.25) is 0 Å². The van der Waals surface area contributed by atoms with Gasteiger partial charge in [-0.3, -0.25) is 9.55 Å². The van der Waals surface area contributed by atoms with Crippen LogP contribution < -0.4 is 0 Å². The summed E-state index contributed by atoms with van der Waals surface area (Å²) in [6, 6.07) is 11.4. The van der Waals surface area contributed by atoms with Gasteiger partial charge in [-0.15, -0.1) is 10.2 Å². The van der Waals surface area contributed by atoms with Crippen molar-refractivity contribution >= 4 is 23.4 Å². The van der Waals surface area contributed by atoms with Crippen LogP contribution in [0.25, 0.3) is 17.1 Å². The number of pyridine rings is 1. The zero-order valence-corrected chi connectivity index (χ0v) is 15.4. The van der Waals surface area contributed by atoms with Crippen LogP contribution in [0.4, 0.5) is 0 Å². The summed E-state index contributed by atoms with van der Waals surface area (Å²) < 4.78 is 7.27. The second kappa shape index (κ2) is 7.31. The Labute approximate surface area is 159 Å². The molecule has 0 amide bonds. The number of aromatic nitrogens is 5. The minimum Gasteiger partial charge on any atom is -0.448 e. The normalized spacial score (nSPS) is 11.0. The number of halogens is 1. The highest BCUT2D eigenvalue weighted by atomic mass is 35.5. The van der Waals surface area contributed by atoms with Crippen LogP contribution in [-0.4, -0.2) is 24.7 Å². The summed E-state index contributed by atoms with van der Waals surface area (Å²) in [5, 5.41) is 10.2. The van der Waals surface area contributed by atoms with Gasteiger partial charge >= 0.3 is 0 Å². The number of rotatable bonds is 5. The van der Waals surface area contributed by atoms with Crippen LogP contribution in [0.1, 0.15) is 11.5 Å². The summed E-state index contributed by atoms with van der Waals surface area (Å²) in [7, 11) is 0. The largest absolute Gasteiger partial charge is 0.448 e. The van der Waals surface area contributed by atoms with Crippen LogP contribution in [0, 0.1) is 6.92 Å². The van der Waals surface area contributed by atoms with E-state index in [-0.39, 0.29) is 0 Å². The molecule has 0 N–H and O–H groups in total. The number of nitrogens with zero attached hydrogens (tertiary/aromatic N) is 5. The Morgan fingerprint density at radius 2 is 1.85 bits per heavy atom. The monoisotopic (exact) mass is 383 g/mol. The van der Waals surface area contributed by atoms with E-state index < -0.39 is 0 Å². The topological polar surface area (TPSA) is 69.6 Å². The Kier molecular flexibility index (Phi) is 4.73. The van der Waals surface area contributed by atoms with Crippen molar-refractivity contribution in [1.82, 2.24) is 24.7 Å². The highest BCUT2D eigenvalue weighted by molar-refractivity contribution is 7.98. The number of hydrogen-bond acceptors (Lipinski definition) is 6. The minimum atomic E-state index is 0.643. The quantitative estimate of drug-likeness (QED) is 0.470. The third-order valence-electron chi connectivity index (χ3n) is 3.84. The van der Waals surface area contributed by atoms with E-state index in [0.29, 0.717) is 10.8 Å². The molecule has 3 aromatic heterocycles. The van der Waals surface area contributed by atoms with E-state index >= 15 is 0 Å². The Bertz CT molecular complexity index is 1010. The summed E-state index contributed by atoms with van der Waals surface area (Å²) in [5.74, 6) is 2.20. The molecule has 0 spiro atoms. The number of hydrogen-bond donors (Lipinski definition) is 0. The predicted octanol–water partition coefficient (Wildman–Crippen LogP) is 4.57. The van der Waals surface area contributed by atoms with Crippen molar-refractivity contribution in [2.24, 2.45) is 0 Å². The first-order valence-electron chi connectivity index (χ1n) is 7.86. The second-order valence-corrected chi connectivity index (χ2v) is 6.88. The van der Waals surface area contributed by atoms with Crippen molar-refractivity contribution in [1.29, 1.82) is 0 Å². The second-order valence-electron chi connectivity index (χ2n) is 5.50. The van der Waals surface area contributed by atoms with Crippen molar-refractivity contribution < 1.29 is 4.42 Å². The maximum Gasteiger partial charge on any atom is 0.196 e. The minimum absolute atomic E-state index is 0.643. The molecule has 1 aromatic carbocycles. The molecule has 6 nitrogen and oxygen atoms in total. The van der Waals surface area contributed by atoms with Crippen molar-refractivity contribution in [3.63, 3.8) is 0 Å². The third-order valence-corrected chi connectivity index (χ3v) is 5.03. The van der Waals surface area contributed by atoms with Gasteiger partial charge in [0, 0.05) is 34.4 Å². The summed E-state index contributed by atoms with van der Waals surface area (Å²) in [6.45, 7) is 1.90. The first-order valence-corrected chi connectivity index (χ1v) is 9.22. The molecule has 4 aromatic rings. The van der Waals surface area contributed by atoms with Gasteiger partial charge in [-0.25, -0.2) is 4.98 Å². The Morgan fingerprint density at radius 3 is 2.54 bits per heavy atom. The van der Waals surface area contributed by atoms with Gasteiger partial charge in [0.1, 0.15) is 5.76 Å². The number of oxazole rings is 1. The summed E-state index contributed by atoms with van der Waals surface area (Å²) >= 11 is 7.59. The molecule has 0 fully saturated rings. The van der Waals surface area contributed by atoms with E-state index in [1.165, 1.54) is 6.39 Å². The molecule has 0 bridgehead atoms. The van der Waals surface area contributed by atoms with Crippen LogP contribution in [-0.2, 0) is 5.75 Å². The van der Waals surface area contributed by atoms with Gasteiger partial charge in [-0.05, 0) is 43.3 Å². The summed E-state index contributed by atoms with van der Waals surface area (Å²) in [4.78, 5) is 8.31. The van der Waals surface area contributed by atoms with Crippen LogP contribution >= 0.6 is 23.4 Å². The van der Waals surface area contributed by atoms with Crippen LogP contribution in [0.3, 0.4) is 0 Å². The summed E-state index contributed by atoms with van der Waals surface area (Å²) in [6.07, 6.45) is 4.93. The molecular formula is C18H14ClN5OS. The zero-order chi connectivity index (χ0) is 17.9. The van der Waals surface area contributed by atoms with Gasteiger partial charge < -0.3 is 4.42 Å².